The van der Waals surface area contributed by atoms with Crippen LogP contribution in [-0.4, -0.2) is 31.3 Å². The Morgan fingerprint density at radius 2 is 2.19 bits per heavy atom. The van der Waals surface area contributed by atoms with Gasteiger partial charge in [0.15, 0.2) is 5.03 Å². The molecule has 2 heterocycles. The van der Waals surface area contributed by atoms with Crippen LogP contribution in [0.15, 0.2) is 16.6 Å². The maximum atomic E-state index is 12.4. The summed E-state index contributed by atoms with van der Waals surface area (Å²) in [4.78, 5) is 11.7. The minimum Gasteiger partial charge on any atom is -0.465 e. The molecular weight excluding hydrogens is 338 g/mol. The van der Waals surface area contributed by atoms with Gasteiger partial charge in [0.2, 0.25) is 0 Å². The molecule has 0 bridgehead atoms. The van der Waals surface area contributed by atoms with E-state index in [0.29, 0.717) is 5.56 Å². The summed E-state index contributed by atoms with van der Waals surface area (Å²) in [5.41, 5.74) is 0.491. The van der Waals surface area contributed by atoms with E-state index in [9.17, 15) is 13.2 Å². The van der Waals surface area contributed by atoms with Crippen LogP contribution in [0.3, 0.4) is 0 Å². The molecule has 0 saturated heterocycles. The molecule has 0 aliphatic carbocycles. The molecule has 114 valence electrons. The van der Waals surface area contributed by atoms with Gasteiger partial charge in [0.05, 0.1) is 24.0 Å². The molecule has 0 fully saturated rings. The fourth-order valence-corrected chi connectivity index (χ4v) is 4.48. The fraction of sp³-hybridized carbons (Fsp3) is 0.273. The summed E-state index contributed by atoms with van der Waals surface area (Å²) < 4.78 is 33.0. The number of anilines is 1. The second kappa shape index (κ2) is 5.66. The number of methoxy groups -OCH3 is 1. The van der Waals surface area contributed by atoms with Crippen molar-refractivity contribution in [1.29, 1.82) is 0 Å². The Balaban J connectivity index is 2.47. The first-order valence-electron chi connectivity index (χ1n) is 5.64. The first-order valence-corrected chi connectivity index (χ1v) is 8.38. The summed E-state index contributed by atoms with van der Waals surface area (Å²) in [6, 6.07) is 0. The van der Waals surface area contributed by atoms with E-state index in [-0.39, 0.29) is 20.6 Å². The summed E-state index contributed by atoms with van der Waals surface area (Å²) >= 11 is 6.95. The van der Waals surface area contributed by atoms with Crippen LogP contribution in [0.25, 0.3) is 0 Å². The lowest BCUT2D eigenvalue weighted by atomic mass is 10.4. The van der Waals surface area contributed by atoms with Crippen LogP contribution in [0.5, 0.6) is 0 Å². The Kier molecular flexibility index (Phi) is 4.26. The molecule has 0 radical (unpaired) electrons. The summed E-state index contributed by atoms with van der Waals surface area (Å²) in [5.74, 6) is -0.661. The summed E-state index contributed by atoms with van der Waals surface area (Å²) in [5, 5.41) is 5.47. The van der Waals surface area contributed by atoms with Crippen LogP contribution in [0.2, 0.25) is 5.02 Å². The Labute approximate surface area is 130 Å². The van der Waals surface area contributed by atoms with Gasteiger partial charge in [-0.1, -0.05) is 11.6 Å². The number of aromatic nitrogens is 2. The minimum absolute atomic E-state index is 0.000539. The molecular formula is C11H12ClN3O4S2. The Morgan fingerprint density at radius 1 is 1.52 bits per heavy atom. The van der Waals surface area contributed by atoms with E-state index < -0.39 is 16.0 Å². The van der Waals surface area contributed by atoms with Crippen LogP contribution in [-0.2, 0) is 21.8 Å². The number of carbonyl (C=O) groups is 1. The topological polar surface area (TPSA) is 90.3 Å². The van der Waals surface area contributed by atoms with Crippen LogP contribution < -0.4 is 4.72 Å². The summed E-state index contributed by atoms with van der Waals surface area (Å²) in [6.07, 6.45) is 1.44. The number of carbonyl (C=O) groups excluding carboxylic acids is 1. The zero-order valence-corrected chi connectivity index (χ0v) is 13.8. The van der Waals surface area contributed by atoms with E-state index in [4.69, 9.17) is 11.6 Å². The number of rotatable bonds is 4. The van der Waals surface area contributed by atoms with Crippen molar-refractivity contribution in [2.75, 3.05) is 11.8 Å². The van der Waals surface area contributed by atoms with Gasteiger partial charge in [-0.05, 0) is 6.92 Å². The van der Waals surface area contributed by atoms with Gasteiger partial charge in [0.1, 0.15) is 4.88 Å². The molecule has 2 rings (SSSR count). The normalized spacial score (nSPS) is 11.4. The molecule has 2 aromatic heterocycles. The molecule has 21 heavy (non-hydrogen) atoms. The van der Waals surface area contributed by atoms with Gasteiger partial charge in [-0.3, -0.25) is 9.40 Å². The molecule has 10 heteroatoms. The standard InChI is InChI=1S/C11H12ClN3O4S2/c1-6-4-13-15(2)10(6)21(17,18)14-8-7(12)5-20-9(8)11(16)19-3/h4-5,14H,1-3H3. The first kappa shape index (κ1) is 15.8. The number of nitrogens with one attached hydrogen (secondary N) is 1. The molecule has 7 nitrogen and oxygen atoms in total. The van der Waals surface area contributed by atoms with E-state index in [1.54, 1.807) is 6.92 Å². The zero-order chi connectivity index (χ0) is 15.8. The van der Waals surface area contributed by atoms with Crippen molar-refractivity contribution in [2.24, 2.45) is 7.05 Å². The molecule has 0 aliphatic rings. The molecule has 0 saturated carbocycles. The maximum absolute atomic E-state index is 12.4. The van der Waals surface area contributed by atoms with Gasteiger partial charge in [0, 0.05) is 18.0 Å². The maximum Gasteiger partial charge on any atom is 0.350 e. The molecule has 0 aromatic carbocycles. The van der Waals surface area contributed by atoms with Crippen molar-refractivity contribution < 1.29 is 17.9 Å². The molecule has 0 spiro atoms. The highest BCUT2D eigenvalue weighted by molar-refractivity contribution is 7.92. The number of thiophene rings is 1. The smallest absolute Gasteiger partial charge is 0.350 e. The zero-order valence-electron chi connectivity index (χ0n) is 11.4. The second-order valence-corrected chi connectivity index (χ2v) is 7.03. The lowest BCUT2D eigenvalue weighted by Crippen LogP contribution is -2.19. The molecule has 1 N–H and O–H groups in total. The van der Waals surface area contributed by atoms with E-state index in [1.807, 2.05) is 0 Å². The molecule has 0 unspecified atom stereocenters. The van der Waals surface area contributed by atoms with Gasteiger partial charge < -0.3 is 4.74 Å². The second-order valence-electron chi connectivity index (χ2n) is 4.14. The quantitative estimate of drug-likeness (QED) is 0.853. The third-order valence-corrected chi connectivity index (χ3v) is 5.62. The van der Waals surface area contributed by atoms with Crippen molar-refractivity contribution >= 4 is 44.6 Å². The van der Waals surface area contributed by atoms with Crippen molar-refractivity contribution in [1.82, 2.24) is 9.78 Å². The van der Waals surface area contributed by atoms with Crippen LogP contribution in [0, 0.1) is 6.92 Å². The Morgan fingerprint density at radius 3 is 2.71 bits per heavy atom. The Hall–Kier alpha value is -1.58. The molecule has 0 aliphatic heterocycles. The molecule has 0 atom stereocenters. The van der Waals surface area contributed by atoms with Crippen molar-refractivity contribution in [3.8, 4) is 0 Å². The number of esters is 1. The van der Waals surface area contributed by atoms with Crippen molar-refractivity contribution in [2.45, 2.75) is 11.9 Å². The lowest BCUT2D eigenvalue weighted by Gasteiger charge is -2.10. The van der Waals surface area contributed by atoms with Crippen LogP contribution >= 0.6 is 22.9 Å². The summed E-state index contributed by atoms with van der Waals surface area (Å²) in [7, 11) is -1.20. The predicted molar refractivity (Wildman–Crippen MR) is 79.4 cm³/mol. The van der Waals surface area contributed by atoms with Crippen molar-refractivity contribution in [3.63, 3.8) is 0 Å². The first-order chi connectivity index (χ1) is 9.77. The average molecular weight is 350 g/mol. The monoisotopic (exact) mass is 349 g/mol. The highest BCUT2D eigenvalue weighted by atomic mass is 35.5. The number of sulfonamides is 1. The van der Waals surface area contributed by atoms with Gasteiger partial charge in [-0.2, -0.15) is 13.5 Å². The average Bonchev–Trinajstić information content (AvgIpc) is 2.93. The largest absolute Gasteiger partial charge is 0.465 e. The highest BCUT2D eigenvalue weighted by Gasteiger charge is 2.26. The van der Waals surface area contributed by atoms with Crippen LogP contribution in [0.1, 0.15) is 15.2 Å². The van der Waals surface area contributed by atoms with Crippen molar-refractivity contribution in [3.05, 3.63) is 27.0 Å². The molecule has 2 aromatic rings. The number of hydrogen-bond donors (Lipinski definition) is 1. The molecule has 0 amide bonds. The SMILES string of the molecule is COC(=O)c1scc(Cl)c1NS(=O)(=O)c1c(C)cnn1C. The van der Waals surface area contributed by atoms with Gasteiger partial charge in [-0.25, -0.2) is 4.79 Å². The summed E-state index contributed by atoms with van der Waals surface area (Å²) in [6.45, 7) is 1.62. The van der Waals surface area contributed by atoms with E-state index >= 15 is 0 Å². The van der Waals surface area contributed by atoms with E-state index in [0.717, 1.165) is 11.3 Å². The number of hydrogen-bond acceptors (Lipinski definition) is 6. The number of nitrogens with zero attached hydrogens (tertiary/aromatic N) is 2. The Bertz CT molecular complexity index is 775. The minimum atomic E-state index is -3.92. The van der Waals surface area contributed by atoms with Gasteiger partial charge in [0.25, 0.3) is 10.0 Å². The predicted octanol–water partition coefficient (Wildman–Crippen LogP) is 2.03. The third-order valence-electron chi connectivity index (χ3n) is 2.66. The van der Waals surface area contributed by atoms with E-state index in [2.05, 4.69) is 14.6 Å². The number of aryl methyl sites for hydroxylation is 2. The third kappa shape index (κ3) is 2.89. The number of halogens is 1. The highest BCUT2D eigenvalue weighted by Crippen LogP contribution is 2.34. The fourth-order valence-electron chi connectivity index (χ4n) is 1.78. The number of ether oxygens (including phenoxy) is 1. The van der Waals surface area contributed by atoms with E-state index in [1.165, 1.54) is 30.4 Å². The van der Waals surface area contributed by atoms with Gasteiger partial charge >= 0.3 is 5.97 Å². The lowest BCUT2D eigenvalue weighted by molar-refractivity contribution is 0.0607. The van der Waals surface area contributed by atoms with Gasteiger partial charge in [-0.15, -0.1) is 11.3 Å². The van der Waals surface area contributed by atoms with Crippen LogP contribution in [0.4, 0.5) is 5.69 Å².